The predicted octanol–water partition coefficient (Wildman–Crippen LogP) is 0.0610. The Bertz CT molecular complexity index is 103. The lowest BCUT2D eigenvalue weighted by molar-refractivity contribution is 0.206. The highest BCUT2D eigenvalue weighted by molar-refractivity contribution is 7.55. The minimum absolute atomic E-state index is 0.315. The molecule has 0 atom stereocenters. The lowest BCUT2D eigenvalue weighted by atomic mass is 11.3. The van der Waals surface area contributed by atoms with Crippen LogP contribution in [0, 0.1) is 0 Å². The first-order valence-corrected chi connectivity index (χ1v) is 1.70. The van der Waals surface area contributed by atoms with Crippen LogP contribution in [0.25, 0.3) is 0 Å². The van der Waals surface area contributed by atoms with Crippen molar-refractivity contribution in [3.8, 4) is 0 Å². The van der Waals surface area contributed by atoms with Crippen LogP contribution in [0.4, 0.5) is 4.79 Å². The van der Waals surface area contributed by atoms with Gasteiger partial charge in [-0.15, -0.1) is 0 Å². The standard InChI is InChI=1S/CHNO3S/c3-1(4)2-6-5/h(H,3,4). The van der Waals surface area contributed by atoms with Gasteiger partial charge in [0.25, 0.3) is 0 Å². The second-order valence-corrected chi connectivity index (χ2v) is 0.780. The molecule has 0 saturated carbocycles. The van der Waals surface area contributed by atoms with Crippen LogP contribution < -0.4 is 0 Å². The summed E-state index contributed by atoms with van der Waals surface area (Å²) >= 11 is -0.315. The molecule has 0 saturated heterocycles. The number of amides is 1. The average Bonchev–Trinajstić information content (AvgIpc) is 1.35. The van der Waals surface area contributed by atoms with Crippen LogP contribution in [-0.4, -0.2) is 15.4 Å². The van der Waals surface area contributed by atoms with Crippen LogP contribution in [0.1, 0.15) is 0 Å². The van der Waals surface area contributed by atoms with Crippen molar-refractivity contribution in [3.63, 3.8) is 0 Å². The van der Waals surface area contributed by atoms with E-state index in [-0.39, 0.29) is 11.5 Å². The van der Waals surface area contributed by atoms with Crippen molar-refractivity contribution in [1.29, 1.82) is 0 Å². The summed E-state index contributed by atoms with van der Waals surface area (Å²) in [4.78, 5) is 9.21. The van der Waals surface area contributed by atoms with Crippen LogP contribution >= 0.6 is 0 Å². The summed E-state index contributed by atoms with van der Waals surface area (Å²) in [6.45, 7) is 0. The lowest BCUT2D eigenvalue weighted by Crippen LogP contribution is -1.78. The van der Waals surface area contributed by atoms with Crippen molar-refractivity contribution < 1.29 is 14.1 Å². The van der Waals surface area contributed by atoms with Gasteiger partial charge >= 0.3 is 6.09 Å². The van der Waals surface area contributed by atoms with Gasteiger partial charge in [0.05, 0.1) is 0 Å². The fourth-order valence-corrected chi connectivity index (χ4v) is 0.0956. The number of carboxylic acid groups (broad SMARTS) is 1. The first-order valence-electron chi connectivity index (χ1n) is 1.00. The zero-order valence-corrected chi connectivity index (χ0v) is 3.44. The fraction of sp³-hybridized carbons (Fsp3) is 0. The van der Waals surface area contributed by atoms with Gasteiger partial charge in [-0.05, 0) is 0 Å². The van der Waals surface area contributed by atoms with Crippen molar-refractivity contribution in [1.82, 2.24) is 0 Å². The van der Waals surface area contributed by atoms with E-state index in [2.05, 4.69) is 4.36 Å². The number of nitrogens with zero attached hydrogens (tertiary/aromatic N) is 1. The molecule has 0 aromatic carbocycles. The van der Waals surface area contributed by atoms with Crippen molar-refractivity contribution >= 4 is 17.6 Å². The molecule has 0 unspecified atom stereocenters. The molecule has 0 bridgehead atoms. The minimum atomic E-state index is -1.44. The number of hydrogen-bond acceptors (Lipinski definition) is 2. The molecule has 0 rings (SSSR count). The summed E-state index contributed by atoms with van der Waals surface area (Å²) in [5.74, 6) is 0. The van der Waals surface area contributed by atoms with Gasteiger partial charge in [0, 0.05) is 0 Å². The zero-order valence-electron chi connectivity index (χ0n) is 2.62. The maximum Gasteiger partial charge on any atom is 0.444 e. The highest BCUT2D eigenvalue weighted by atomic mass is 32.1. The zero-order chi connectivity index (χ0) is 4.99. The average molecular weight is 107 g/mol. The van der Waals surface area contributed by atoms with Crippen LogP contribution in [0.3, 0.4) is 0 Å². The van der Waals surface area contributed by atoms with Crippen molar-refractivity contribution in [3.05, 3.63) is 0 Å². The molecule has 0 aliphatic heterocycles. The number of carbonyl (C=O) groups is 1. The summed E-state index contributed by atoms with van der Waals surface area (Å²) in [7, 11) is 0. The summed E-state index contributed by atoms with van der Waals surface area (Å²) in [5, 5.41) is 7.53. The molecule has 4 nitrogen and oxygen atoms in total. The van der Waals surface area contributed by atoms with Gasteiger partial charge in [-0.25, -0.2) is 4.79 Å². The van der Waals surface area contributed by atoms with Gasteiger partial charge < -0.3 is 5.11 Å². The molecule has 34 valence electrons. The quantitative estimate of drug-likeness (QED) is 0.476. The molecule has 0 aromatic rings. The predicted molar refractivity (Wildman–Crippen MR) is 18.6 cm³/mol. The Balaban J connectivity index is 3.60. The molecule has 0 radical (unpaired) electrons. The van der Waals surface area contributed by atoms with Gasteiger partial charge in [0.1, 0.15) is 0 Å². The highest BCUT2D eigenvalue weighted by Crippen LogP contribution is 1.62. The van der Waals surface area contributed by atoms with Crippen molar-refractivity contribution in [2.24, 2.45) is 4.36 Å². The Labute approximate surface area is 37.0 Å². The molecule has 1 amide bonds. The van der Waals surface area contributed by atoms with Crippen LogP contribution in [0.15, 0.2) is 4.36 Å². The molecule has 0 aliphatic carbocycles. The molecule has 0 aliphatic rings. The number of rotatable bonds is 0. The van der Waals surface area contributed by atoms with E-state index in [9.17, 15) is 4.79 Å². The van der Waals surface area contributed by atoms with E-state index < -0.39 is 6.09 Å². The van der Waals surface area contributed by atoms with Gasteiger partial charge in [-0.1, -0.05) is 4.36 Å². The van der Waals surface area contributed by atoms with E-state index in [1.807, 2.05) is 0 Å². The highest BCUT2D eigenvalue weighted by Gasteiger charge is 1.80. The molecule has 5 heteroatoms. The van der Waals surface area contributed by atoms with E-state index in [0.717, 1.165) is 0 Å². The van der Waals surface area contributed by atoms with E-state index >= 15 is 0 Å². The molecule has 1 N–H and O–H groups in total. The van der Waals surface area contributed by atoms with E-state index in [0.29, 0.717) is 0 Å². The van der Waals surface area contributed by atoms with E-state index in [1.54, 1.807) is 0 Å². The normalized spacial score (nSPS) is 6.67. The Morgan fingerprint density at radius 1 is 1.83 bits per heavy atom. The Kier molecular flexibility index (Phi) is 2.22. The van der Waals surface area contributed by atoms with Crippen molar-refractivity contribution in [2.45, 2.75) is 0 Å². The Hall–Kier alpha value is -0.710. The summed E-state index contributed by atoms with van der Waals surface area (Å²) < 4.78 is 11.5. The summed E-state index contributed by atoms with van der Waals surface area (Å²) in [5.41, 5.74) is 0. The first-order chi connectivity index (χ1) is 2.77. The van der Waals surface area contributed by atoms with Crippen LogP contribution in [-0.2, 0) is 11.5 Å². The maximum absolute atomic E-state index is 9.21. The van der Waals surface area contributed by atoms with Crippen LogP contribution in [0.5, 0.6) is 0 Å². The Morgan fingerprint density at radius 3 is 2.33 bits per heavy atom. The van der Waals surface area contributed by atoms with E-state index in [4.69, 9.17) is 9.32 Å². The third-order valence-electron chi connectivity index (χ3n) is 0.115. The second kappa shape index (κ2) is 2.52. The van der Waals surface area contributed by atoms with Crippen LogP contribution in [0.2, 0.25) is 0 Å². The molecule has 0 fully saturated rings. The smallest absolute Gasteiger partial charge is 0.444 e. The second-order valence-electron chi connectivity index (χ2n) is 0.448. The number of hydrogen-bond donors (Lipinski definition) is 1. The largest absolute Gasteiger partial charge is 0.463 e. The topological polar surface area (TPSA) is 66.7 Å². The summed E-state index contributed by atoms with van der Waals surface area (Å²) in [6.07, 6.45) is -1.44. The molecule has 6 heavy (non-hydrogen) atoms. The van der Waals surface area contributed by atoms with Gasteiger partial charge in [0.15, 0.2) is 0 Å². The first kappa shape index (κ1) is 5.29. The molecule has 0 aromatic heterocycles. The Morgan fingerprint density at radius 2 is 2.33 bits per heavy atom. The minimum Gasteiger partial charge on any atom is -0.463 e. The maximum atomic E-state index is 9.21. The lowest BCUT2D eigenvalue weighted by Gasteiger charge is -1.61. The van der Waals surface area contributed by atoms with Gasteiger partial charge in [0.2, 0.25) is 11.5 Å². The fourth-order valence-electron chi connectivity index (χ4n) is 0.0319. The van der Waals surface area contributed by atoms with Gasteiger partial charge in [-0.2, -0.15) is 4.21 Å². The third kappa shape index (κ3) is 3.29. The van der Waals surface area contributed by atoms with Gasteiger partial charge in [-0.3, -0.25) is 0 Å². The summed E-state index contributed by atoms with van der Waals surface area (Å²) in [6, 6.07) is 0. The third-order valence-corrected chi connectivity index (χ3v) is 0.346. The monoisotopic (exact) mass is 107 g/mol. The molecule has 0 spiro atoms. The van der Waals surface area contributed by atoms with E-state index in [1.165, 1.54) is 0 Å². The molecular formula is CHNO3S. The molecular weight excluding hydrogens is 106 g/mol. The molecule has 0 heterocycles. The SMILES string of the molecule is O=S=NC(=O)O. The van der Waals surface area contributed by atoms with Crippen molar-refractivity contribution in [2.75, 3.05) is 0 Å².